The van der Waals surface area contributed by atoms with E-state index in [1.54, 1.807) is 18.2 Å². The summed E-state index contributed by atoms with van der Waals surface area (Å²) in [6, 6.07) is 18.6. The molecular weight excluding hydrogens is 364 g/mol. The van der Waals surface area contributed by atoms with Crippen molar-refractivity contribution < 1.29 is 9.53 Å². The molecule has 0 aliphatic heterocycles. The number of amides is 1. The van der Waals surface area contributed by atoms with Crippen LogP contribution in [0, 0.1) is 5.92 Å². The summed E-state index contributed by atoms with van der Waals surface area (Å²) in [5, 5.41) is 6.17. The Kier molecular flexibility index (Phi) is 6.79. The maximum absolute atomic E-state index is 12.8. The van der Waals surface area contributed by atoms with Gasteiger partial charge in [-0.25, -0.2) is 9.97 Å². The predicted molar refractivity (Wildman–Crippen MR) is 116 cm³/mol. The zero-order valence-corrected chi connectivity index (χ0v) is 17.0. The lowest BCUT2D eigenvalue weighted by molar-refractivity contribution is 0.102. The number of ether oxygens (including phenoxy) is 1. The first-order chi connectivity index (χ1) is 14.0. The Morgan fingerprint density at radius 2 is 1.76 bits per heavy atom. The third-order valence-corrected chi connectivity index (χ3v) is 4.11. The number of carbonyl (C=O) groups is 1. The van der Waals surface area contributed by atoms with Gasteiger partial charge in [-0.2, -0.15) is 0 Å². The Morgan fingerprint density at radius 3 is 2.41 bits per heavy atom. The second kappa shape index (κ2) is 9.68. The number of nitrogens with one attached hydrogen (secondary N) is 2. The Balaban J connectivity index is 1.85. The van der Waals surface area contributed by atoms with E-state index in [4.69, 9.17) is 4.74 Å². The van der Waals surface area contributed by atoms with Crippen molar-refractivity contribution in [1.29, 1.82) is 0 Å². The van der Waals surface area contributed by atoms with Crippen LogP contribution in [0.25, 0.3) is 11.4 Å². The normalized spacial score (nSPS) is 10.6. The van der Waals surface area contributed by atoms with Crippen LogP contribution in [0.15, 0.2) is 60.7 Å². The molecule has 29 heavy (non-hydrogen) atoms. The molecule has 6 nitrogen and oxygen atoms in total. The number of anilines is 2. The molecule has 0 spiro atoms. The van der Waals surface area contributed by atoms with E-state index >= 15 is 0 Å². The van der Waals surface area contributed by atoms with Gasteiger partial charge < -0.3 is 15.4 Å². The fourth-order valence-corrected chi connectivity index (χ4v) is 2.68. The third kappa shape index (κ3) is 5.78. The van der Waals surface area contributed by atoms with Crippen molar-refractivity contribution in [3.8, 4) is 17.1 Å². The largest absolute Gasteiger partial charge is 0.494 e. The minimum Gasteiger partial charge on any atom is -0.494 e. The molecular formula is C23H26N4O2. The van der Waals surface area contributed by atoms with Gasteiger partial charge in [-0.3, -0.25) is 4.79 Å². The third-order valence-electron chi connectivity index (χ3n) is 4.11. The summed E-state index contributed by atoms with van der Waals surface area (Å²) >= 11 is 0. The zero-order chi connectivity index (χ0) is 20.6. The highest BCUT2D eigenvalue weighted by molar-refractivity contribution is 6.03. The average molecular weight is 390 g/mol. The van der Waals surface area contributed by atoms with Gasteiger partial charge in [-0.05, 0) is 37.1 Å². The second-order valence-electron chi connectivity index (χ2n) is 7.01. The van der Waals surface area contributed by atoms with E-state index in [-0.39, 0.29) is 5.91 Å². The van der Waals surface area contributed by atoms with Gasteiger partial charge in [0.15, 0.2) is 5.82 Å². The Labute approximate surface area is 171 Å². The first kappa shape index (κ1) is 20.3. The Hall–Kier alpha value is -3.41. The minimum atomic E-state index is -0.290. The molecule has 0 atom stereocenters. The molecule has 0 fully saturated rings. The van der Waals surface area contributed by atoms with Crippen molar-refractivity contribution in [3.63, 3.8) is 0 Å². The van der Waals surface area contributed by atoms with E-state index in [0.29, 0.717) is 35.5 Å². The van der Waals surface area contributed by atoms with Crippen LogP contribution < -0.4 is 15.4 Å². The molecule has 2 N–H and O–H groups in total. The van der Waals surface area contributed by atoms with Crippen molar-refractivity contribution in [2.24, 2.45) is 5.92 Å². The fraction of sp³-hybridized carbons (Fsp3) is 0.261. The molecule has 0 saturated heterocycles. The monoisotopic (exact) mass is 390 g/mol. The quantitative estimate of drug-likeness (QED) is 0.574. The van der Waals surface area contributed by atoms with E-state index in [9.17, 15) is 4.79 Å². The van der Waals surface area contributed by atoms with Crippen LogP contribution in [0.1, 0.15) is 31.3 Å². The van der Waals surface area contributed by atoms with Crippen LogP contribution in [-0.2, 0) is 0 Å². The number of aromatic nitrogens is 2. The molecule has 1 heterocycles. The van der Waals surface area contributed by atoms with Gasteiger partial charge >= 0.3 is 0 Å². The number of benzene rings is 2. The van der Waals surface area contributed by atoms with Gasteiger partial charge in [0.2, 0.25) is 0 Å². The summed E-state index contributed by atoms with van der Waals surface area (Å²) in [6.07, 6.45) is 0. The van der Waals surface area contributed by atoms with Gasteiger partial charge in [0.25, 0.3) is 5.91 Å². The van der Waals surface area contributed by atoms with Crippen LogP contribution in [-0.4, -0.2) is 29.0 Å². The Bertz CT molecular complexity index is 941. The van der Waals surface area contributed by atoms with Crippen LogP contribution in [0.5, 0.6) is 5.75 Å². The van der Waals surface area contributed by atoms with Gasteiger partial charge in [-0.1, -0.05) is 44.2 Å². The molecule has 6 heteroatoms. The smallest absolute Gasteiger partial charge is 0.274 e. The molecule has 0 unspecified atom stereocenters. The lowest BCUT2D eigenvalue weighted by Crippen LogP contribution is -2.16. The molecule has 1 amide bonds. The number of nitrogens with zero attached hydrogens (tertiary/aromatic N) is 2. The first-order valence-corrected chi connectivity index (χ1v) is 9.77. The second-order valence-corrected chi connectivity index (χ2v) is 7.01. The minimum absolute atomic E-state index is 0.290. The predicted octanol–water partition coefficient (Wildman–Crippen LogP) is 4.86. The fourth-order valence-electron chi connectivity index (χ4n) is 2.68. The summed E-state index contributed by atoms with van der Waals surface area (Å²) in [7, 11) is 0. The number of hydrogen-bond acceptors (Lipinski definition) is 5. The van der Waals surface area contributed by atoms with E-state index < -0.39 is 0 Å². The van der Waals surface area contributed by atoms with E-state index in [0.717, 1.165) is 17.9 Å². The summed E-state index contributed by atoms with van der Waals surface area (Å²) < 4.78 is 5.44. The summed E-state index contributed by atoms with van der Waals surface area (Å²) in [5.41, 5.74) is 1.84. The van der Waals surface area contributed by atoms with Gasteiger partial charge in [-0.15, -0.1) is 0 Å². The number of carbonyl (C=O) groups excluding carboxylic acids is 1. The molecule has 1 aromatic heterocycles. The SMILES string of the molecule is CCOc1ccc(NC(=O)c2cc(NCC(C)C)nc(-c3ccccc3)n2)cc1. The maximum Gasteiger partial charge on any atom is 0.274 e. The molecule has 0 aliphatic rings. The van der Waals surface area contributed by atoms with E-state index in [2.05, 4.69) is 34.4 Å². The summed E-state index contributed by atoms with van der Waals surface area (Å²) in [6.45, 7) is 7.52. The van der Waals surface area contributed by atoms with Crippen molar-refractivity contribution in [2.75, 3.05) is 23.8 Å². The number of rotatable bonds is 8. The van der Waals surface area contributed by atoms with Crippen molar-refractivity contribution in [3.05, 3.63) is 66.4 Å². The molecule has 150 valence electrons. The van der Waals surface area contributed by atoms with Crippen LogP contribution in [0.4, 0.5) is 11.5 Å². The van der Waals surface area contributed by atoms with E-state index in [1.165, 1.54) is 0 Å². The van der Waals surface area contributed by atoms with Gasteiger partial charge in [0, 0.05) is 23.9 Å². The summed E-state index contributed by atoms with van der Waals surface area (Å²) in [5.74, 6) is 2.06. The van der Waals surface area contributed by atoms with Crippen LogP contribution in [0.2, 0.25) is 0 Å². The lowest BCUT2D eigenvalue weighted by atomic mass is 10.2. The summed E-state index contributed by atoms with van der Waals surface area (Å²) in [4.78, 5) is 21.9. The topological polar surface area (TPSA) is 76.1 Å². The molecule has 3 rings (SSSR count). The highest BCUT2D eigenvalue weighted by Crippen LogP contribution is 2.20. The first-order valence-electron chi connectivity index (χ1n) is 9.77. The molecule has 0 aliphatic carbocycles. The van der Waals surface area contributed by atoms with Crippen LogP contribution in [0.3, 0.4) is 0 Å². The van der Waals surface area contributed by atoms with Gasteiger partial charge in [0.1, 0.15) is 17.3 Å². The van der Waals surface area contributed by atoms with E-state index in [1.807, 2.05) is 49.4 Å². The standard InChI is InChI=1S/C23H26N4O2/c1-4-29-19-12-10-18(11-13-19)25-23(28)20-14-21(24-15-16(2)3)27-22(26-20)17-8-6-5-7-9-17/h5-14,16H,4,15H2,1-3H3,(H,25,28)(H,24,26,27). The zero-order valence-electron chi connectivity index (χ0n) is 17.0. The average Bonchev–Trinajstić information content (AvgIpc) is 2.74. The lowest BCUT2D eigenvalue weighted by Gasteiger charge is -2.12. The van der Waals surface area contributed by atoms with Gasteiger partial charge in [0.05, 0.1) is 6.61 Å². The highest BCUT2D eigenvalue weighted by atomic mass is 16.5. The molecule has 3 aromatic rings. The highest BCUT2D eigenvalue weighted by Gasteiger charge is 2.14. The number of hydrogen-bond donors (Lipinski definition) is 2. The molecule has 0 bridgehead atoms. The Morgan fingerprint density at radius 1 is 1.03 bits per heavy atom. The van der Waals surface area contributed by atoms with Crippen molar-refractivity contribution >= 4 is 17.4 Å². The molecule has 2 aromatic carbocycles. The van der Waals surface area contributed by atoms with Crippen molar-refractivity contribution in [1.82, 2.24) is 9.97 Å². The van der Waals surface area contributed by atoms with Crippen molar-refractivity contribution in [2.45, 2.75) is 20.8 Å². The maximum atomic E-state index is 12.8. The molecule has 0 saturated carbocycles. The molecule has 0 radical (unpaired) electrons. The van der Waals surface area contributed by atoms with Crippen LogP contribution >= 0.6 is 0 Å².